The lowest BCUT2D eigenvalue weighted by Gasteiger charge is -2.18. The molecule has 0 saturated heterocycles. The molecule has 0 aromatic heterocycles. The van der Waals surface area contributed by atoms with Gasteiger partial charge in [0.1, 0.15) is 11.9 Å². The Bertz CT molecular complexity index is 520. The number of aliphatic imine (C=N–C) groups is 1. The van der Waals surface area contributed by atoms with Crippen LogP contribution >= 0.6 is 0 Å². The molecule has 3 N–H and O–H groups in total. The molecular weight excluding hydrogens is 314 g/mol. The Balaban J connectivity index is 1.85. The Kier molecular flexibility index (Phi) is 8.06. The lowest BCUT2D eigenvalue weighted by Crippen LogP contribution is -2.42. The Morgan fingerprint density at radius 2 is 2.12 bits per heavy atom. The highest BCUT2D eigenvalue weighted by atomic mass is 16.5. The minimum Gasteiger partial charge on any atom is -0.488 e. The summed E-state index contributed by atoms with van der Waals surface area (Å²) in [5, 5.41) is 16.0. The zero-order valence-electron chi connectivity index (χ0n) is 15.8. The summed E-state index contributed by atoms with van der Waals surface area (Å²) in [7, 11) is 0. The minimum atomic E-state index is 0.144. The first kappa shape index (κ1) is 19.6. The second kappa shape index (κ2) is 10.3. The smallest absolute Gasteiger partial charge is 0.191 e. The van der Waals surface area contributed by atoms with E-state index >= 15 is 0 Å². The largest absolute Gasteiger partial charge is 0.488 e. The van der Waals surface area contributed by atoms with Crippen LogP contribution in [0.15, 0.2) is 29.3 Å². The predicted molar refractivity (Wildman–Crippen MR) is 103 cm³/mol. The lowest BCUT2D eigenvalue weighted by atomic mass is 9.94. The fourth-order valence-corrected chi connectivity index (χ4v) is 3.27. The van der Waals surface area contributed by atoms with Crippen molar-refractivity contribution in [1.29, 1.82) is 0 Å². The van der Waals surface area contributed by atoms with E-state index in [9.17, 15) is 5.11 Å². The van der Waals surface area contributed by atoms with Crippen molar-refractivity contribution in [2.75, 3.05) is 26.2 Å². The van der Waals surface area contributed by atoms with Crippen molar-refractivity contribution in [3.8, 4) is 5.75 Å². The molecule has 2 rings (SSSR count). The average Bonchev–Trinajstić information content (AvgIpc) is 2.99. The predicted octanol–water partition coefficient (Wildman–Crippen LogP) is 2.59. The van der Waals surface area contributed by atoms with E-state index in [1.54, 1.807) is 0 Å². The van der Waals surface area contributed by atoms with E-state index in [1.165, 1.54) is 5.56 Å². The molecule has 0 aliphatic carbocycles. The maximum Gasteiger partial charge on any atom is 0.191 e. The molecule has 140 valence electrons. The van der Waals surface area contributed by atoms with Gasteiger partial charge in [-0.2, -0.15) is 0 Å². The highest BCUT2D eigenvalue weighted by Crippen LogP contribution is 2.27. The van der Waals surface area contributed by atoms with E-state index in [0.29, 0.717) is 11.8 Å². The summed E-state index contributed by atoms with van der Waals surface area (Å²) < 4.78 is 5.97. The van der Waals surface area contributed by atoms with Crippen LogP contribution in [0.3, 0.4) is 0 Å². The van der Waals surface area contributed by atoms with E-state index in [4.69, 9.17) is 9.73 Å². The quantitative estimate of drug-likeness (QED) is 0.474. The zero-order valence-corrected chi connectivity index (χ0v) is 15.8. The zero-order chi connectivity index (χ0) is 18.1. The molecule has 0 fully saturated rings. The maximum absolute atomic E-state index is 9.25. The number of hydrogen-bond donors (Lipinski definition) is 3. The molecule has 1 heterocycles. The van der Waals surface area contributed by atoms with Gasteiger partial charge in [0.2, 0.25) is 0 Å². The standard InChI is InChI=1S/C20H33N3O2/c1-4-21-20(22-13-16(9-10-24)11-15(2)3)23-14-18-12-17-7-5-6-8-19(17)25-18/h5-8,15-16,18,24H,4,9-14H2,1-3H3,(H2,21,22,23). The van der Waals surface area contributed by atoms with E-state index < -0.39 is 0 Å². The van der Waals surface area contributed by atoms with Crippen LogP contribution < -0.4 is 15.4 Å². The minimum absolute atomic E-state index is 0.144. The monoisotopic (exact) mass is 347 g/mol. The van der Waals surface area contributed by atoms with E-state index in [1.807, 2.05) is 12.1 Å². The molecule has 0 radical (unpaired) electrons. The summed E-state index contributed by atoms with van der Waals surface area (Å²) in [6, 6.07) is 8.22. The van der Waals surface area contributed by atoms with Crippen LogP contribution in [0.5, 0.6) is 5.75 Å². The van der Waals surface area contributed by atoms with Gasteiger partial charge in [0.15, 0.2) is 5.96 Å². The van der Waals surface area contributed by atoms with Crippen molar-refractivity contribution >= 4 is 5.96 Å². The molecule has 1 aromatic rings. The van der Waals surface area contributed by atoms with Crippen LogP contribution in [0, 0.1) is 11.8 Å². The molecule has 5 nitrogen and oxygen atoms in total. The topological polar surface area (TPSA) is 65.9 Å². The highest BCUT2D eigenvalue weighted by Gasteiger charge is 2.22. The number of hydrogen-bond acceptors (Lipinski definition) is 3. The number of aliphatic hydroxyl groups excluding tert-OH is 1. The Hall–Kier alpha value is -1.75. The molecule has 0 spiro atoms. The Morgan fingerprint density at radius 3 is 2.80 bits per heavy atom. The van der Waals surface area contributed by atoms with Crippen molar-refractivity contribution in [1.82, 2.24) is 10.6 Å². The van der Waals surface area contributed by atoms with Gasteiger partial charge in [-0.05, 0) is 43.2 Å². The van der Waals surface area contributed by atoms with Gasteiger partial charge in [-0.3, -0.25) is 4.99 Å². The number of fused-ring (bicyclic) bond motifs is 1. The van der Waals surface area contributed by atoms with Crippen LogP contribution in [-0.4, -0.2) is 43.4 Å². The SMILES string of the molecule is CCNC(=NCC(CCO)CC(C)C)NCC1Cc2ccccc2O1. The van der Waals surface area contributed by atoms with Crippen molar-refractivity contribution in [2.45, 2.75) is 46.1 Å². The van der Waals surface area contributed by atoms with Gasteiger partial charge >= 0.3 is 0 Å². The molecule has 2 unspecified atom stereocenters. The second-order valence-electron chi connectivity index (χ2n) is 7.16. The normalized spacial score (nSPS) is 18.0. The fourth-order valence-electron chi connectivity index (χ4n) is 3.27. The van der Waals surface area contributed by atoms with Crippen LogP contribution in [0.1, 0.15) is 39.2 Å². The third-order valence-corrected chi connectivity index (χ3v) is 4.40. The molecule has 2 atom stereocenters. The van der Waals surface area contributed by atoms with Crippen LogP contribution in [0.2, 0.25) is 0 Å². The summed E-state index contributed by atoms with van der Waals surface area (Å²) in [5.41, 5.74) is 1.27. The first-order valence-electron chi connectivity index (χ1n) is 9.50. The summed E-state index contributed by atoms with van der Waals surface area (Å²) in [6.07, 6.45) is 2.97. The van der Waals surface area contributed by atoms with E-state index in [0.717, 1.165) is 50.6 Å². The third-order valence-electron chi connectivity index (χ3n) is 4.40. The van der Waals surface area contributed by atoms with Gasteiger partial charge in [-0.25, -0.2) is 0 Å². The van der Waals surface area contributed by atoms with E-state index in [-0.39, 0.29) is 12.7 Å². The molecule has 25 heavy (non-hydrogen) atoms. The van der Waals surface area contributed by atoms with Crippen LogP contribution in [-0.2, 0) is 6.42 Å². The number of ether oxygens (including phenoxy) is 1. The summed E-state index contributed by atoms with van der Waals surface area (Å²) in [4.78, 5) is 4.72. The molecule has 0 bridgehead atoms. The molecule has 5 heteroatoms. The highest BCUT2D eigenvalue weighted by molar-refractivity contribution is 5.79. The Morgan fingerprint density at radius 1 is 1.32 bits per heavy atom. The first-order chi connectivity index (χ1) is 12.1. The number of guanidine groups is 1. The third kappa shape index (κ3) is 6.58. The maximum atomic E-state index is 9.25. The second-order valence-corrected chi connectivity index (χ2v) is 7.16. The number of para-hydroxylation sites is 1. The number of aliphatic hydroxyl groups is 1. The molecule has 1 aliphatic heterocycles. The van der Waals surface area contributed by atoms with Crippen molar-refractivity contribution < 1.29 is 9.84 Å². The molecule has 1 aromatic carbocycles. The van der Waals surface area contributed by atoms with Crippen molar-refractivity contribution in [3.05, 3.63) is 29.8 Å². The number of rotatable bonds is 9. The summed E-state index contributed by atoms with van der Waals surface area (Å²) in [6.45, 7) is 9.02. The first-order valence-corrected chi connectivity index (χ1v) is 9.50. The van der Waals surface area contributed by atoms with Crippen molar-refractivity contribution in [3.63, 3.8) is 0 Å². The van der Waals surface area contributed by atoms with E-state index in [2.05, 4.69) is 43.5 Å². The van der Waals surface area contributed by atoms with Crippen LogP contribution in [0.4, 0.5) is 0 Å². The fraction of sp³-hybridized carbons (Fsp3) is 0.650. The Labute approximate surface area is 151 Å². The molecular formula is C20H33N3O2. The van der Waals surface area contributed by atoms with Gasteiger partial charge in [-0.15, -0.1) is 0 Å². The number of benzene rings is 1. The number of nitrogens with zero attached hydrogens (tertiary/aromatic N) is 1. The summed E-state index contributed by atoms with van der Waals surface area (Å²) >= 11 is 0. The van der Waals surface area contributed by atoms with Gasteiger partial charge in [0, 0.05) is 26.1 Å². The van der Waals surface area contributed by atoms with Gasteiger partial charge < -0.3 is 20.5 Å². The van der Waals surface area contributed by atoms with Gasteiger partial charge in [0.25, 0.3) is 0 Å². The molecule has 0 amide bonds. The van der Waals surface area contributed by atoms with Crippen LogP contribution in [0.25, 0.3) is 0 Å². The van der Waals surface area contributed by atoms with Gasteiger partial charge in [0.05, 0.1) is 6.54 Å². The van der Waals surface area contributed by atoms with Crippen molar-refractivity contribution in [2.24, 2.45) is 16.8 Å². The summed E-state index contributed by atoms with van der Waals surface area (Å²) in [5.74, 6) is 2.87. The van der Waals surface area contributed by atoms with Gasteiger partial charge in [-0.1, -0.05) is 32.0 Å². The average molecular weight is 348 g/mol. The number of nitrogens with one attached hydrogen (secondary N) is 2. The molecule has 1 aliphatic rings. The molecule has 0 saturated carbocycles. The lowest BCUT2D eigenvalue weighted by molar-refractivity contribution is 0.234.